The molecule has 0 radical (unpaired) electrons. The van der Waals surface area contributed by atoms with Crippen molar-refractivity contribution in [3.63, 3.8) is 0 Å². The van der Waals surface area contributed by atoms with Gasteiger partial charge in [-0.15, -0.1) is 0 Å². The molecule has 0 bridgehead atoms. The van der Waals surface area contributed by atoms with Gasteiger partial charge in [0.15, 0.2) is 0 Å². The number of aromatic nitrogens is 2. The van der Waals surface area contributed by atoms with E-state index in [-0.39, 0.29) is 24.6 Å². The molecule has 1 aromatic rings. The Kier molecular flexibility index (Phi) is 4.76. The van der Waals surface area contributed by atoms with E-state index in [1.807, 2.05) is 0 Å². The van der Waals surface area contributed by atoms with Crippen LogP contribution in [0, 0.1) is 0 Å². The fourth-order valence-corrected chi connectivity index (χ4v) is 3.34. The number of ether oxygens (including phenoxy) is 1. The number of imidazole rings is 1. The van der Waals surface area contributed by atoms with Gasteiger partial charge >= 0.3 is 13.7 Å². The molecule has 2 rings (SSSR count). The molecule has 1 atom stereocenters. The van der Waals surface area contributed by atoms with Gasteiger partial charge in [0.25, 0.3) is 5.91 Å². The van der Waals surface area contributed by atoms with E-state index < -0.39 is 37.4 Å². The first-order valence-electron chi connectivity index (χ1n) is 7.31. The van der Waals surface area contributed by atoms with Crippen molar-refractivity contribution in [2.24, 2.45) is 5.73 Å². The standard InChI is InChI=1S/C13H21N4O6P/c1-13(2,3)23-12(19)16-5-4-8(7-24(20,21)22)17-6-9(10(14)18)15-11(16)17/h6,8H,4-5,7H2,1-3H3,(H2,14,18)(H2,20,21,22)/t8-/m0/s1. The van der Waals surface area contributed by atoms with Crippen molar-refractivity contribution in [2.45, 2.75) is 38.8 Å². The Hall–Kier alpha value is -1.90. The van der Waals surface area contributed by atoms with E-state index in [4.69, 9.17) is 10.5 Å². The highest BCUT2D eigenvalue weighted by molar-refractivity contribution is 7.51. The van der Waals surface area contributed by atoms with Gasteiger partial charge in [-0.3, -0.25) is 9.36 Å². The zero-order chi connectivity index (χ0) is 18.3. The lowest BCUT2D eigenvalue weighted by Gasteiger charge is -2.34. The van der Waals surface area contributed by atoms with Gasteiger partial charge in [-0.25, -0.2) is 14.7 Å². The van der Waals surface area contributed by atoms with Gasteiger partial charge < -0.3 is 24.8 Å². The number of carbonyl (C=O) groups is 2. The van der Waals surface area contributed by atoms with Crippen LogP contribution in [0.3, 0.4) is 0 Å². The summed E-state index contributed by atoms with van der Waals surface area (Å²) in [5.41, 5.74) is 4.41. The number of nitrogens with zero attached hydrogens (tertiary/aromatic N) is 3. The second-order valence-corrected chi connectivity index (χ2v) is 8.31. The Morgan fingerprint density at radius 1 is 1.46 bits per heavy atom. The average molecular weight is 360 g/mol. The first-order valence-corrected chi connectivity index (χ1v) is 9.11. The molecular formula is C13H21N4O6P. The van der Waals surface area contributed by atoms with Crippen molar-refractivity contribution in [3.05, 3.63) is 11.9 Å². The van der Waals surface area contributed by atoms with E-state index >= 15 is 0 Å². The number of primary amides is 1. The fraction of sp³-hybridized carbons (Fsp3) is 0.615. The smallest absolute Gasteiger partial charge is 0.417 e. The molecule has 2 amide bonds. The van der Waals surface area contributed by atoms with Crippen molar-refractivity contribution in [3.8, 4) is 0 Å². The molecule has 1 aromatic heterocycles. The van der Waals surface area contributed by atoms with Gasteiger partial charge in [0.2, 0.25) is 5.95 Å². The van der Waals surface area contributed by atoms with Crippen LogP contribution >= 0.6 is 7.60 Å². The van der Waals surface area contributed by atoms with Crippen molar-refractivity contribution in [2.75, 3.05) is 17.6 Å². The summed E-state index contributed by atoms with van der Waals surface area (Å²) in [6.07, 6.45) is 0.511. The predicted molar refractivity (Wildman–Crippen MR) is 84.9 cm³/mol. The van der Waals surface area contributed by atoms with Crippen molar-refractivity contribution in [1.82, 2.24) is 9.55 Å². The second-order valence-electron chi connectivity index (χ2n) is 6.62. The number of hydrogen-bond acceptors (Lipinski definition) is 5. The lowest BCUT2D eigenvalue weighted by atomic mass is 10.2. The molecule has 24 heavy (non-hydrogen) atoms. The summed E-state index contributed by atoms with van der Waals surface area (Å²) in [6.45, 7) is 5.31. The third kappa shape index (κ3) is 4.34. The predicted octanol–water partition coefficient (Wildman–Crippen LogP) is 0.846. The van der Waals surface area contributed by atoms with Gasteiger partial charge in [0.05, 0.1) is 6.16 Å². The first-order chi connectivity index (χ1) is 10.9. The lowest BCUT2D eigenvalue weighted by Crippen LogP contribution is -2.43. The van der Waals surface area contributed by atoms with Crippen LogP contribution in [-0.4, -0.2) is 49.6 Å². The Balaban J connectivity index is 2.38. The molecule has 0 saturated heterocycles. The molecule has 11 heteroatoms. The van der Waals surface area contributed by atoms with Crippen molar-refractivity contribution in [1.29, 1.82) is 0 Å². The number of carbonyl (C=O) groups excluding carboxylic acids is 2. The molecule has 1 aliphatic heterocycles. The zero-order valence-electron chi connectivity index (χ0n) is 13.7. The molecule has 2 heterocycles. The molecule has 0 unspecified atom stereocenters. The molecule has 0 aliphatic carbocycles. The Morgan fingerprint density at radius 3 is 2.58 bits per heavy atom. The van der Waals surface area contributed by atoms with Gasteiger partial charge in [0, 0.05) is 18.8 Å². The van der Waals surface area contributed by atoms with Crippen LogP contribution in [0.4, 0.5) is 10.7 Å². The van der Waals surface area contributed by atoms with E-state index in [0.29, 0.717) is 0 Å². The van der Waals surface area contributed by atoms with Gasteiger partial charge in [-0.1, -0.05) is 0 Å². The van der Waals surface area contributed by atoms with Crippen LogP contribution in [0.1, 0.15) is 43.7 Å². The third-order valence-electron chi connectivity index (χ3n) is 3.35. The van der Waals surface area contributed by atoms with Crippen LogP contribution in [0.15, 0.2) is 6.20 Å². The fourth-order valence-electron chi connectivity index (χ4n) is 2.43. The summed E-state index contributed by atoms with van der Waals surface area (Å²) in [5.74, 6) is -0.710. The summed E-state index contributed by atoms with van der Waals surface area (Å²) in [5, 5.41) is 0. The number of hydrogen-bond donors (Lipinski definition) is 3. The minimum Gasteiger partial charge on any atom is -0.443 e. The molecule has 1 aliphatic rings. The maximum absolute atomic E-state index is 12.3. The van der Waals surface area contributed by atoms with Gasteiger partial charge in [-0.2, -0.15) is 0 Å². The maximum Gasteiger partial charge on any atom is 0.417 e. The molecule has 10 nitrogen and oxygen atoms in total. The van der Waals surface area contributed by atoms with Crippen LogP contribution < -0.4 is 10.6 Å². The van der Waals surface area contributed by atoms with Crippen LogP contribution in [0.25, 0.3) is 0 Å². The van der Waals surface area contributed by atoms with Crippen molar-refractivity contribution < 1.29 is 28.7 Å². The van der Waals surface area contributed by atoms with E-state index in [0.717, 1.165) is 0 Å². The SMILES string of the molecule is CC(C)(C)OC(=O)N1CC[C@@H](CP(=O)(O)O)n2cc(C(N)=O)nc21. The quantitative estimate of drug-likeness (QED) is 0.677. The van der Waals surface area contributed by atoms with Crippen LogP contribution in [0.5, 0.6) is 0 Å². The lowest BCUT2D eigenvalue weighted by molar-refractivity contribution is 0.0569. The molecular weight excluding hydrogens is 339 g/mol. The number of fused-ring (bicyclic) bond motifs is 1. The molecule has 134 valence electrons. The van der Waals surface area contributed by atoms with Crippen molar-refractivity contribution >= 4 is 25.5 Å². The Bertz CT molecular complexity index is 704. The highest BCUT2D eigenvalue weighted by atomic mass is 31.2. The molecule has 4 N–H and O–H groups in total. The third-order valence-corrected chi connectivity index (χ3v) is 4.25. The van der Waals surface area contributed by atoms with Gasteiger partial charge in [0.1, 0.15) is 11.3 Å². The number of rotatable bonds is 3. The van der Waals surface area contributed by atoms with E-state index in [2.05, 4.69) is 4.98 Å². The monoisotopic (exact) mass is 360 g/mol. The summed E-state index contributed by atoms with van der Waals surface area (Å²) >= 11 is 0. The van der Waals surface area contributed by atoms with E-state index in [1.54, 1.807) is 20.8 Å². The minimum atomic E-state index is -4.28. The summed E-state index contributed by atoms with van der Waals surface area (Å²) in [6, 6.07) is -0.597. The minimum absolute atomic E-state index is 0.0859. The highest BCUT2D eigenvalue weighted by Gasteiger charge is 2.36. The number of nitrogens with two attached hydrogens (primary N) is 1. The largest absolute Gasteiger partial charge is 0.443 e. The first kappa shape index (κ1) is 18.4. The Morgan fingerprint density at radius 2 is 2.08 bits per heavy atom. The highest BCUT2D eigenvalue weighted by Crippen LogP contribution is 2.42. The molecule has 0 aromatic carbocycles. The summed E-state index contributed by atoms with van der Waals surface area (Å²) < 4.78 is 18.0. The normalized spacial score (nSPS) is 18.2. The van der Waals surface area contributed by atoms with E-state index in [1.165, 1.54) is 15.7 Å². The average Bonchev–Trinajstić information content (AvgIpc) is 2.80. The second kappa shape index (κ2) is 6.19. The topological polar surface area (TPSA) is 148 Å². The summed E-state index contributed by atoms with van der Waals surface area (Å²) in [4.78, 5) is 47.4. The summed E-state index contributed by atoms with van der Waals surface area (Å²) in [7, 11) is -4.28. The van der Waals surface area contributed by atoms with Crippen LogP contribution in [-0.2, 0) is 9.30 Å². The molecule has 0 fully saturated rings. The van der Waals surface area contributed by atoms with E-state index in [9.17, 15) is 23.9 Å². The Labute approximate surface area is 138 Å². The number of amides is 2. The molecule has 0 saturated carbocycles. The van der Waals surface area contributed by atoms with Crippen LogP contribution in [0.2, 0.25) is 0 Å². The zero-order valence-corrected chi connectivity index (χ0v) is 14.6. The number of anilines is 1. The van der Waals surface area contributed by atoms with Gasteiger partial charge in [-0.05, 0) is 27.2 Å². The maximum atomic E-state index is 12.3. The molecule has 0 spiro atoms.